The van der Waals surface area contributed by atoms with Gasteiger partial charge in [0.2, 0.25) is 0 Å². The Morgan fingerprint density at radius 2 is 1.76 bits per heavy atom. The fourth-order valence-corrected chi connectivity index (χ4v) is 2.75. The number of nitrogens with zero attached hydrogens (tertiary/aromatic N) is 2. The lowest BCUT2D eigenvalue weighted by Crippen LogP contribution is -2.34. The number of ether oxygens (including phenoxy) is 1. The molecule has 0 heterocycles. The highest BCUT2D eigenvalue weighted by Crippen LogP contribution is 2.23. The van der Waals surface area contributed by atoms with Gasteiger partial charge in [-0.1, -0.05) is 42.5 Å². The summed E-state index contributed by atoms with van der Waals surface area (Å²) in [7, 11) is 0. The number of carbonyl (C=O) groups is 1. The smallest absolute Gasteiger partial charge is 0.264 e. The molecule has 4 nitrogen and oxygen atoms in total. The number of anilines is 1. The van der Waals surface area contributed by atoms with Crippen molar-refractivity contribution in [3.05, 3.63) is 72.3 Å². The van der Waals surface area contributed by atoms with Gasteiger partial charge in [0, 0.05) is 12.2 Å². The van der Waals surface area contributed by atoms with Crippen LogP contribution in [0.25, 0.3) is 10.8 Å². The lowest BCUT2D eigenvalue weighted by molar-refractivity contribution is -0.120. The summed E-state index contributed by atoms with van der Waals surface area (Å²) in [5, 5.41) is 11.3. The first-order valence-electron chi connectivity index (χ1n) is 8.14. The summed E-state index contributed by atoms with van der Waals surface area (Å²) >= 11 is 0. The van der Waals surface area contributed by atoms with Crippen molar-refractivity contribution >= 4 is 22.4 Å². The van der Waals surface area contributed by atoms with Crippen LogP contribution >= 0.6 is 0 Å². The van der Waals surface area contributed by atoms with Crippen molar-refractivity contribution in [1.82, 2.24) is 0 Å². The van der Waals surface area contributed by atoms with Gasteiger partial charge in [-0.15, -0.1) is 0 Å². The average molecular weight is 330 g/mol. The molecule has 3 rings (SSSR count). The predicted molar refractivity (Wildman–Crippen MR) is 98.6 cm³/mol. The summed E-state index contributed by atoms with van der Waals surface area (Å²) in [6.45, 7) is 2.36. The van der Waals surface area contributed by atoms with Crippen LogP contribution in [0.15, 0.2) is 66.7 Å². The minimum absolute atomic E-state index is 0.112. The van der Waals surface area contributed by atoms with Gasteiger partial charge in [0.15, 0.2) is 6.61 Å². The van der Waals surface area contributed by atoms with E-state index in [1.807, 2.05) is 49.4 Å². The van der Waals surface area contributed by atoms with E-state index in [1.54, 1.807) is 29.2 Å². The van der Waals surface area contributed by atoms with Gasteiger partial charge in [-0.25, -0.2) is 0 Å². The zero-order valence-electron chi connectivity index (χ0n) is 14.0. The Hall–Kier alpha value is -3.32. The van der Waals surface area contributed by atoms with E-state index in [-0.39, 0.29) is 12.5 Å². The van der Waals surface area contributed by atoms with E-state index in [4.69, 9.17) is 10.00 Å². The summed E-state index contributed by atoms with van der Waals surface area (Å²) in [4.78, 5) is 14.3. The number of benzene rings is 3. The van der Waals surface area contributed by atoms with Gasteiger partial charge in [-0.2, -0.15) is 5.26 Å². The minimum Gasteiger partial charge on any atom is -0.482 e. The molecule has 0 aliphatic carbocycles. The Kier molecular flexibility index (Phi) is 4.96. The third-order valence-corrected chi connectivity index (χ3v) is 4.02. The number of rotatable bonds is 5. The second-order valence-electron chi connectivity index (χ2n) is 5.57. The lowest BCUT2D eigenvalue weighted by atomic mass is 10.1. The quantitative estimate of drug-likeness (QED) is 0.706. The zero-order valence-corrected chi connectivity index (χ0v) is 14.0. The molecular formula is C21H18N2O2. The molecule has 3 aromatic carbocycles. The lowest BCUT2D eigenvalue weighted by Gasteiger charge is -2.21. The molecule has 4 heteroatoms. The molecule has 3 aromatic rings. The van der Waals surface area contributed by atoms with Crippen LogP contribution in [0.3, 0.4) is 0 Å². The van der Waals surface area contributed by atoms with Gasteiger partial charge < -0.3 is 9.64 Å². The fraction of sp³-hybridized carbons (Fsp3) is 0.143. The van der Waals surface area contributed by atoms with Crippen molar-refractivity contribution in [3.63, 3.8) is 0 Å². The van der Waals surface area contributed by atoms with Crippen molar-refractivity contribution in [2.45, 2.75) is 6.92 Å². The fourth-order valence-electron chi connectivity index (χ4n) is 2.75. The van der Waals surface area contributed by atoms with Crippen molar-refractivity contribution in [1.29, 1.82) is 5.26 Å². The van der Waals surface area contributed by atoms with Crippen LogP contribution in [-0.4, -0.2) is 19.1 Å². The van der Waals surface area contributed by atoms with Gasteiger partial charge in [0.1, 0.15) is 11.8 Å². The third-order valence-electron chi connectivity index (χ3n) is 4.02. The van der Waals surface area contributed by atoms with Crippen LogP contribution in [0.4, 0.5) is 5.69 Å². The van der Waals surface area contributed by atoms with Crippen molar-refractivity contribution < 1.29 is 9.53 Å². The van der Waals surface area contributed by atoms with Crippen LogP contribution < -0.4 is 9.64 Å². The molecule has 0 spiro atoms. The Labute approximate surface area is 146 Å². The topological polar surface area (TPSA) is 53.3 Å². The largest absolute Gasteiger partial charge is 0.482 e. The van der Waals surface area contributed by atoms with E-state index in [2.05, 4.69) is 6.07 Å². The van der Waals surface area contributed by atoms with E-state index in [0.29, 0.717) is 17.9 Å². The Bertz CT molecular complexity index is 944. The SMILES string of the molecule is CCN(C(=O)COc1ccccc1C#N)c1ccc2ccccc2c1. The first-order chi connectivity index (χ1) is 12.2. The van der Waals surface area contributed by atoms with Crippen LogP contribution in [-0.2, 0) is 4.79 Å². The van der Waals surface area contributed by atoms with Crippen LogP contribution in [0.2, 0.25) is 0 Å². The Morgan fingerprint density at radius 1 is 1.04 bits per heavy atom. The monoisotopic (exact) mass is 330 g/mol. The van der Waals surface area contributed by atoms with Crippen molar-refractivity contribution in [2.24, 2.45) is 0 Å². The predicted octanol–water partition coefficient (Wildman–Crippen LogP) is 4.14. The van der Waals surface area contributed by atoms with Gasteiger partial charge in [-0.3, -0.25) is 4.79 Å². The summed E-state index contributed by atoms with van der Waals surface area (Å²) in [6, 6.07) is 22.9. The minimum atomic E-state index is -0.148. The van der Waals surface area contributed by atoms with E-state index in [0.717, 1.165) is 16.5 Å². The number of likely N-dealkylation sites (N-methyl/N-ethyl adjacent to an activating group) is 1. The van der Waals surface area contributed by atoms with E-state index >= 15 is 0 Å². The molecule has 0 saturated heterocycles. The molecule has 0 N–H and O–H groups in total. The van der Waals surface area contributed by atoms with E-state index in [1.165, 1.54) is 0 Å². The highest BCUT2D eigenvalue weighted by molar-refractivity contribution is 5.97. The number of hydrogen-bond acceptors (Lipinski definition) is 3. The number of fused-ring (bicyclic) bond motifs is 1. The summed E-state index contributed by atoms with van der Waals surface area (Å²) < 4.78 is 5.57. The normalized spacial score (nSPS) is 10.2. The van der Waals surface area contributed by atoms with Gasteiger partial charge in [0.25, 0.3) is 5.91 Å². The molecule has 0 aromatic heterocycles. The first kappa shape index (κ1) is 16.5. The number of amides is 1. The molecule has 1 amide bonds. The van der Waals surface area contributed by atoms with E-state index in [9.17, 15) is 4.79 Å². The molecule has 0 fully saturated rings. The van der Waals surface area contributed by atoms with Gasteiger partial charge >= 0.3 is 0 Å². The van der Waals surface area contributed by atoms with Crippen LogP contribution in [0, 0.1) is 11.3 Å². The molecule has 124 valence electrons. The molecule has 0 unspecified atom stereocenters. The Morgan fingerprint density at radius 3 is 2.52 bits per heavy atom. The molecule has 0 bridgehead atoms. The maximum Gasteiger partial charge on any atom is 0.264 e. The van der Waals surface area contributed by atoms with E-state index < -0.39 is 0 Å². The molecule has 0 saturated carbocycles. The highest BCUT2D eigenvalue weighted by atomic mass is 16.5. The molecule has 0 aliphatic heterocycles. The first-order valence-corrected chi connectivity index (χ1v) is 8.14. The molecule has 0 aliphatic rings. The second-order valence-corrected chi connectivity index (χ2v) is 5.57. The number of para-hydroxylation sites is 1. The molecule has 0 radical (unpaired) electrons. The van der Waals surface area contributed by atoms with Gasteiger partial charge in [-0.05, 0) is 42.0 Å². The maximum absolute atomic E-state index is 12.6. The van der Waals surface area contributed by atoms with Crippen molar-refractivity contribution in [2.75, 3.05) is 18.1 Å². The third kappa shape index (κ3) is 3.61. The van der Waals surface area contributed by atoms with Crippen LogP contribution in [0.5, 0.6) is 5.75 Å². The maximum atomic E-state index is 12.6. The Balaban J connectivity index is 1.77. The van der Waals surface area contributed by atoms with Crippen LogP contribution in [0.1, 0.15) is 12.5 Å². The second kappa shape index (κ2) is 7.50. The summed E-state index contributed by atoms with van der Waals surface area (Å²) in [5.74, 6) is 0.276. The zero-order chi connectivity index (χ0) is 17.6. The van der Waals surface area contributed by atoms with Crippen molar-refractivity contribution in [3.8, 4) is 11.8 Å². The van der Waals surface area contributed by atoms with Gasteiger partial charge in [0.05, 0.1) is 5.56 Å². The summed E-state index contributed by atoms with van der Waals surface area (Å²) in [6.07, 6.45) is 0. The highest BCUT2D eigenvalue weighted by Gasteiger charge is 2.15. The molecule has 0 atom stereocenters. The average Bonchev–Trinajstić information content (AvgIpc) is 2.67. The summed E-state index contributed by atoms with van der Waals surface area (Å²) in [5.41, 5.74) is 1.26. The number of hydrogen-bond donors (Lipinski definition) is 0. The molecule has 25 heavy (non-hydrogen) atoms. The molecular weight excluding hydrogens is 312 g/mol. The number of nitriles is 1. The standard InChI is InChI=1S/C21H18N2O2/c1-2-23(19-12-11-16-7-3-4-8-17(16)13-19)21(24)15-25-20-10-6-5-9-18(20)14-22/h3-13H,2,15H2,1H3. The number of carbonyl (C=O) groups excluding carboxylic acids is 1.